The van der Waals surface area contributed by atoms with Crippen molar-refractivity contribution in [1.29, 1.82) is 0 Å². The fourth-order valence-electron chi connectivity index (χ4n) is 2.87. The van der Waals surface area contributed by atoms with Crippen molar-refractivity contribution in [3.05, 3.63) is 6.33 Å². The Bertz CT molecular complexity index is 1240. The Kier molecular flexibility index (Phi) is 7.97. The van der Waals surface area contributed by atoms with Gasteiger partial charge in [0, 0.05) is 0 Å². The summed E-state index contributed by atoms with van der Waals surface area (Å²) in [5.41, 5.74) is 5.62. The van der Waals surface area contributed by atoms with Crippen LogP contribution in [-0.2, 0) is 31.6 Å². The van der Waals surface area contributed by atoms with E-state index in [2.05, 4.69) is 28.1 Å². The van der Waals surface area contributed by atoms with E-state index >= 15 is 4.39 Å². The molecule has 0 radical (unpaired) electrons. The van der Waals surface area contributed by atoms with Gasteiger partial charge < -0.3 is 39.9 Å². The molecule has 3 rings (SSSR count). The number of aliphatic hydroxyl groups is 1. The molecular weight excluding hydrogens is 570 g/mol. The van der Waals surface area contributed by atoms with Crippen molar-refractivity contribution in [3.63, 3.8) is 0 Å². The summed E-state index contributed by atoms with van der Waals surface area (Å²) in [4.78, 5) is 47.6. The van der Waals surface area contributed by atoms with Crippen molar-refractivity contribution >= 4 is 52.2 Å². The van der Waals surface area contributed by atoms with E-state index in [1.807, 2.05) is 0 Å². The van der Waals surface area contributed by atoms with Gasteiger partial charge >= 0.3 is 23.5 Å². The van der Waals surface area contributed by atoms with Crippen molar-refractivity contribution in [2.75, 3.05) is 18.9 Å². The van der Waals surface area contributed by atoms with Crippen LogP contribution in [0.4, 0.5) is 10.3 Å². The van der Waals surface area contributed by atoms with E-state index in [1.54, 1.807) is 6.92 Å². The van der Waals surface area contributed by atoms with Crippen molar-refractivity contribution in [2.24, 2.45) is 0 Å². The molecule has 1 fully saturated rings. The summed E-state index contributed by atoms with van der Waals surface area (Å²) in [5.74, 6) is -0.283. The Morgan fingerprint density at radius 1 is 1.23 bits per heavy atom. The highest BCUT2D eigenvalue weighted by Gasteiger charge is 2.57. The predicted molar refractivity (Wildman–Crippen MR) is 110 cm³/mol. The largest absolute Gasteiger partial charge is 0.490 e. The first-order valence-electron chi connectivity index (χ1n) is 9.08. The third-order valence-electron chi connectivity index (χ3n) is 4.16. The number of hydrogen-bond donors (Lipinski definition) is 6. The van der Waals surface area contributed by atoms with Crippen LogP contribution in [-0.4, -0.2) is 74.7 Å². The van der Waals surface area contributed by atoms with E-state index in [-0.39, 0.29) is 29.6 Å². The normalized spacial score (nSPS) is 28.6. The first kappa shape index (κ1) is 28.3. The van der Waals surface area contributed by atoms with Gasteiger partial charge in [-0.1, -0.05) is 11.6 Å². The van der Waals surface area contributed by atoms with Crippen LogP contribution < -0.4 is 10.5 Å². The Morgan fingerprint density at radius 3 is 2.49 bits per heavy atom. The van der Waals surface area contributed by atoms with Crippen LogP contribution in [0.1, 0.15) is 13.2 Å². The quantitative estimate of drug-likeness (QED) is 0.161. The van der Waals surface area contributed by atoms with Gasteiger partial charge in [-0.2, -0.15) is 18.6 Å². The summed E-state index contributed by atoms with van der Waals surface area (Å²) in [6.45, 7) is 0.636. The second-order valence-electron chi connectivity index (χ2n) is 6.68. The van der Waals surface area contributed by atoms with Gasteiger partial charge in [0.1, 0.15) is 6.10 Å². The summed E-state index contributed by atoms with van der Waals surface area (Å²) in [6, 6.07) is 0. The van der Waals surface area contributed by atoms with Crippen LogP contribution >= 0.6 is 35.1 Å². The molecule has 0 aromatic carbocycles. The van der Waals surface area contributed by atoms with Crippen LogP contribution in [0.3, 0.4) is 0 Å². The number of rotatable bonds is 10. The predicted octanol–water partition coefficient (Wildman–Crippen LogP) is 0.313. The molecule has 1 aliphatic rings. The Labute approximate surface area is 199 Å². The average Bonchev–Trinajstić information content (AvgIpc) is 3.17. The fourth-order valence-corrected chi connectivity index (χ4v) is 6.11. The molecule has 0 bridgehead atoms. The SMILES string of the molecule is CCOc1nc(N)nc2c1ncn2C1OC(COP(=O)(O)OP(=O)(O)OP(=O)(O)O)C(O)(Cl)C1F. The molecule has 0 saturated carbocycles. The minimum Gasteiger partial charge on any atom is -0.476 e. The number of phosphoric acid groups is 3. The molecular formula is C12H18ClFN5O13P3. The minimum absolute atomic E-state index is 0.0208. The Balaban J connectivity index is 1.80. The second-order valence-corrected chi connectivity index (χ2v) is 11.7. The third-order valence-corrected chi connectivity index (χ3v) is 8.41. The zero-order valence-electron chi connectivity index (χ0n) is 17.2. The highest BCUT2D eigenvalue weighted by atomic mass is 35.5. The molecule has 0 aliphatic carbocycles. The molecule has 23 heteroatoms. The summed E-state index contributed by atoms with van der Waals surface area (Å²) < 4.78 is 72.1. The zero-order valence-corrected chi connectivity index (χ0v) is 20.6. The molecule has 35 heavy (non-hydrogen) atoms. The number of nitrogen functional groups attached to an aromatic ring is 1. The van der Waals surface area contributed by atoms with Crippen molar-refractivity contribution in [2.45, 2.75) is 30.5 Å². The lowest BCUT2D eigenvalue weighted by molar-refractivity contribution is -0.0525. The average molecular weight is 588 g/mol. The maximum Gasteiger partial charge on any atom is 0.490 e. The number of nitrogens with zero attached hydrogens (tertiary/aromatic N) is 4. The molecule has 6 unspecified atom stereocenters. The molecule has 1 saturated heterocycles. The molecule has 2 aromatic rings. The van der Waals surface area contributed by atoms with Crippen LogP contribution in [0.25, 0.3) is 11.2 Å². The van der Waals surface area contributed by atoms with Gasteiger partial charge in [0.25, 0.3) is 0 Å². The molecule has 0 amide bonds. The van der Waals surface area contributed by atoms with Crippen LogP contribution in [0.15, 0.2) is 6.33 Å². The molecule has 2 aromatic heterocycles. The number of phosphoric ester groups is 1. The van der Waals surface area contributed by atoms with E-state index in [0.29, 0.717) is 0 Å². The van der Waals surface area contributed by atoms with Gasteiger partial charge in [-0.25, -0.2) is 23.1 Å². The van der Waals surface area contributed by atoms with Crippen molar-refractivity contribution < 1.29 is 65.4 Å². The number of alkyl halides is 2. The standard InChI is InChI=1S/C12H18ClFN5O13P3/c1-2-28-9-6-8(17-11(15)18-9)19(4-16-6)10-7(14)12(13,20)5(30-10)3-29-34(24,25)32-35(26,27)31-33(21,22)23/h4-5,7,10,20H,2-3H2,1H3,(H,24,25)(H,26,27)(H2,15,17,18)(H2,21,22,23). The molecule has 7 N–H and O–H groups in total. The van der Waals surface area contributed by atoms with Crippen molar-refractivity contribution in [1.82, 2.24) is 19.5 Å². The fraction of sp³-hybridized carbons (Fsp3) is 0.583. The number of fused-ring (bicyclic) bond motifs is 1. The van der Waals surface area contributed by atoms with Gasteiger partial charge in [0.05, 0.1) is 19.5 Å². The summed E-state index contributed by atoms with van der Waals surface area (Å²) in [6.07, 6.45) is -5.02. The van der Waals surface area contributed by atoms with E-state index in [0.717, 1.165) is 10.9 Å². The lowest BCUT2D eigenvalue weighted by Gasteiger charge is -2.23. The first-order chi connectivity index (χ1) is 16.0. The highest BCUT2D eigenvalue weighted by Crippen LogP contribution is 2.66. The van der Waals surface area contributed by atoms with E-state index in [4.69, 9.17) is 36.6 Å². The lowest BCUT2D eigenvalue weighted by Crippen LogP contribution is -2.42. The topological polar surface area (TPSA) is 268 Å². The van der Waals surface area contributed by atoms with Crippen molar-refractivity contribution in [3.8, 4) is 5.88 Å². The third kappa shape index (κ3) is 6.53. The number of nitrogens with two attached hydrogens (primary N) is 1. The molecule has 6 atom stereocenters. The zero-order chi connectivity index (χ0) is 26.4. The monoisotopic (exact) mass is 587 g/mol. The number of aromatic nitrogens is 4. The van der Waals surface area contributed by atoms with Crippen LogP contribution in [0.5, 0.6) is 5.88 Å². The molecule has 0 spiro atoms. The number of halogens is 2. The maximum atomic E-state index is 15.1. The van der Waals surface area contributed by atoms with Gasteiger partial charge in [-0.3, -0.25) is 9.09 Å². The minimum atomic E-state index is -5.80. The van der Waals surface area contributed by atoms with Gasteiger partial charge in [-0.15, -0.1) is 0 Å². The second kappa shape index (κ2) is 9.87. The molecule has 198 valence electrons. The van der Waals surface area contributed by atoms with Gasteiger partial charge in [0.15, 0.2) is 23.6 Å². The molecule has 3 heterocycles. The number of ether oxygens (including phenoxy) is 2. The molecule has 18 nitrogen and oxygen atoms in total. The van der Waals surface area contributed by atoms with Crippen LogP contribution in [0, 0.1) is 0 Å². The summed E-state index contributed by atoms with van der Waals surface area (Å²) >= 11 is 5.82. The number of anilines is 1. The highest BCUT2D eigenvalue weighted by molar-refractivity contribution is 7.66. The first-order valence-corrected chi connectivity index (χ1v) is 14.0. The molecule has 1 aliphatic heterocycles. The smallest absolute Gasteiger partial charge is 0.476 e. The van der Waals surface area contributed by atoms with E-state index in [9.17, 15) is 28.6 Å². The number of hydrogen-bond acceptors (Lipinski definition) is 13. The maximum absolute atomic E-state index is 15.1. The lowest BCUT2D eigenvalue weighted by atomic mass is 10.1. The van der Waals surface area contributed by atoms with Gasteiger partial charge in [-0.05, 0) is 6.92 Å². The Morgan fingerprint density at radius 2 is 1.89 bits per heavy atom. The van der Waals surface area contributed by atoms with E-state index < -0.39 is 53.6 Å². The van der Waals surface area contributed by atoms with E-state index in [1.165, 1.54) is 0 Å². The van der Waals surface area contributed by atoms with Gasteiger partial charge in [0.2, 0.25) is 16.9 Å². The summed E-state index contributed by atoms with van der Waals surface area (Å²) in [5, 5.41) is 7.48. The number of imidazole rings is 1. The van der Waals surface area contributed by atoms with Crippen LogP contribution in [0.2, 0.25) is 0 Å². The summed E-state index contributed by atoms with van der Waals surface area (Å²) in [7, 11) is -17.0. The Hall–Kier alpha value is -1.30.